The minimum Gasteiger partial charge on any atom is -0.497 e. The maximum atomic E-state index is 11.7. The third-order valence-corrected chi connectivity index (χ3v) is 2.92. The van der Waals surface area contributed by atoms with Crippen LogP contribution < -0.4 is 10.1 Å². The van der Waals surface area contributed by atoms with E-state index in [1.54, 1.807) is 31.4 Å². The number of ether oxygens (including phenoxy) is 2. The molecule has 1 unspecified atom stereocenters. The number of rotatable bonds is 8. The lowest BCUT2D eigenvalue weighted by Crippen LogP contribution is -2.31. The van der Waals surface area contributed by atoms with Crippen molar-refractivity contribution in [2.45, 2.75) is 32.2 Å². The number of carbonyl (C=O) groups excluding carboxylic acids is 1. The molecule has 0 saturated heterocycles. The number of amides is 1. The Bertz CT molecular complexity index is 458. The number of carboxylic acid groups (broad SMARTS) is 1. The second-order valence-corrected chi connectivity index (χ2v) is 4.56. The molecule has 1 aromatic rings. The van der Waals surface area contributed by atoms with Gasteiger partial charge in [0.05, 0.1) is 26.2 Å². The standard InChI is InChI=1S/C15H21NO5/c1-3-4-9-21-15(19)16-13(10-14(17)18)11-5-7-12(20-2)8-6-11/h5-8,13H,3-4,9-10H2,1-2H3,(H,16,19)(H,17,18). The van der Waals surface area contributed by atoms with Gasteiger partial charge in [-0.1, -0.05) is 25.5 Å². The van der Waals surface area contributed by atoms with E-state index in [0.717, 1.165) is 12.8 Å². The van der Waals surface area contributed by atoms with E-state index in [4.69, 9.17) is 14.6 Å². The minimum atomic E-state index is -0.996. The van der Waals surface area contributed by atoms with E-state index in [-0.39, 0.29) is 6.42 Å². The summed E-state index contributed by atoms with van der Waals surface area (Å²) >= 11 is 0. The average Bonchev–Trinajstić information content (AvgIpc) is 2.46. The van der Waals surface area contributed by atoms with Crippen molar-refractivity contribution in [2.75, 3.05) is 13.7 Å². The summed E-state index contributed by atoms with van der Waals surface area (Å²) in [5.41, 5.74) is 0.686. The Morgan fingerprint density at radius 1 is 1.29 bits per heavy atom. The molecule has 0 saturated carbocycles. The second kappa shape index (κ2) is 8.84. The van der Waals surface area contributed by atoms with Gasteiger partial charge in [-0.05, 0) is 24.1 Å². The molecular weight excluding hydrogens is 274 g/mol. The van der Waals surface area contributed by atoms with Crippen LogP contribution in [0.25, 0.3) is 0 Å². The molecule has 21 heavy (non-hydrogen) atoms. The topological polar surface area (TPSA) is 84.9 Å². The van der Waals surface area contributed by atoms with Gasteiger partial charge in [-0.25, -0.2) is 4.79 Å². The predicted octanol–water partition coefficient (Wildman–Crippen LogP) is 2.74. The van der Waals surface area contributed by atoms with Gasteiger partial charge in [0.2, 0.25) is 0 Å². The highest BCUT2D eigenvalue weighted by Gasteiger charge is 2.18. The maximum Gasteiger partial charge on any atom is 0.407 e. The average molecular weight is 295 g/mol. The van der Waals surface area contributed by atoms with Crippen LogP contribution in [0.2, 0.25) is 0 Å². The maximum absolute atomic E-state index is 11.7. The number of nitrogens with one attached hydrogen (secondary N) is 1. The van der Waals surface area contributed by atoms with Crippen molar-refractivity contribution in [3.8, 4) is 5.75 Å². The molecule has 0 aromatic heterocycles. The molecule has 0 aliphatic heterocycles. The third-order valence-electron chi connectivity index (χ3n) is 2.92. The van der Waals surface area contributed by atoms with Crippen molar-refractivity contribution in [2.24, 2.45) is 0 Å². The van der Waals surface area contributed by atoms with E-state index in [9.17, 15) is 9.59 Å². The van der Waals surface area contributed by atoms with E-state index < -0.39 is 18.1 Å². The molecule has 1 aromatic carbocycles. The van der Waals surface area contributed by atoms with Gasteiger partial charge in [0.1, 0.15) is 5.75 Å². The summed E-state index contributed by atoms with van der Waals surface area (Å²) in [6, 6.07) is 6.24. The van der Waals surface area contributed by atoms with Gasteiger partial charge < -0.3 is 19.9 Å². The van der Waals surface area contributed by atoms with Gasteiger partial charge in [0.15, 0.2) is 0 Å². The Hall–Kier alpha value is -2.24. The summed E-state index contributed by atoms with van der Waals surface area (Å²) < 4.78 is 10.0. The van der Waals surface area contributed by atoms with Crippen LogP contribution in [-0.2, 0) is 9.53 Å². The fourth-order valence-electron chi connectivity index (χ4n) is 1.76. The highest BCUT2D eigenvalue weighted by atomic mass is 16.5. The number of unbranched alkanes of at least 4 members (excludes halogenated alkanes) is 1. The van der Waals surface area contributed by atoms with Crippen molar-refractivity contribution in [3.05, 3.63) is 29.8 Å². The Labute approximate surface area is 124 Å². The first-order valence-electron chi connectivity index (χ1n) is 6.85. The van der Waals surface area contributed by atoms with Crippen LogP contribution in [0.5, 0.6) is 5.75 Å². The van der Waals surface area contributed by atoms with E-state index >= 15 is 0 Å². The molecule has 0 bridgehead atoms. The largest absolute Gasteiger partial charge is 0.497 e. The summed E-state index contributed by atoms with van der Waals surface area (Å²) in [4.78, 5) is 22.6. The Balaban J connectivity index is 2.70. The summed E-state index contributed by atoms with van der Waals surface area (Å²) in [6.07, 6.45) is 0.879. The smallest absolute Gasteiger partial charge is 0.407 e. The van der Waals surface area contributed by atoms with Crippen LogP contribution in [0.4, 0.5) is 4.79 Å². The molecule has 0 spiro atoms. The number of methoxy groups -OCH3 is 1. The van der Waals surface area contributed by atoms with Gasteiger partial charge in [-0.15, -0.1) is 0 Å². The first kappa shape index (κ1) is 16.8. The molecule has 0 aliphatic rings. The predicted molar refractivity (Wildman–Crippen MR) is 77.4 cm³/mol. The van der Waals surface area contributed by atoms with Crippen LogP contribution in [0.1, 0.15) is 37.8 Å². The molecule has 0 heterocycles. The normalized spacial score (nSPS) is 11.5. The van der Waals surface area contributed by atoms with Crippen LogP contribution in [0.15, 0.2) is 24.3 Å². The SMILES string of the molecule is CCCCOC(=O)NC(CC(=O)O)c1ccc(OC)cc1. The quantitative estimate of drug-likeness (QED) is 0.720. The van der Waals surface area contributed by atoms with Crippen LogP contribution >= 0.6 is 0 Å². The second-order valence-electron chi connectivity index (χ2n) is 4.56. The van der Waals surface area contributed by atoms with Gasteiger partial charge in [-0.2, -0.15) is 0 Å². The van der Waals surface area contributed by atoms with Crippen molar-refractivity contribution in [1.29, 1.82) is 0 Å². The Kier molecular flexibility index (Phi) is 7.08. The first-order valence-corrected chi connectivity index (χ1v) is 6.85. The number of alkyl carbamates (subject to hydrolysis) is 1. The monoisotopic (exact) mass is 295 g/mol. The zero-order valence-corrected chi connectivity index (χ0v) is 12.3. The van der Waals surface area contributed by atoms with Gasteiger partial charge >= 0.3 is 12.1 Å². The summed E-state index contributed by atoms with van der Waals surface area (Å²) in [5.74, 6) is -0.331. The number of hydrogen-bond acceptors (Lipinski definition) is 4. The molecule has 1 rings (SSSR count). The molecule has 0 fully saturated rings. The third kappa shape index (κ3) is 6.16. The lowest BCUT2D eigenvalue weighted by atomic mass is 10.0. The zero-order valence-electron chi connectivity index (χ0n) is 12.3. The molecule has 2 N–H and O–H groups in total. The molecule has 116 valence electrons. The number of hydrogen-bond donors (Lipinski definition) is 2. The van der Waals surface area contributed by atoms with Gasteiger partial charge in [0.25, 0.3) is 0 Å². The van der Waals surface area contributed by atoms with Crippen LogP contribution in [0.3, 0.4) is 0 Å². The highest BCUT2D eigenvalue weighted by Crippen LogP contribution is 2.20. The number of aliphatic carboxylic acids is 1. The van der Waals surface area contributed by atoms with E-state index in [1.807, 2.05) is 6.92 Å². The van der Waals surface area contributed by atoms with Crippen molar-refractivity contribution in [1.82, 2.24) is 5.32 Å². The van der Waals surface area contributed by atoms with Crippen molar-refractivity contribution < 1.29 is 24.2 Å². The molecular formula is C15H21NO5. The summed E-state index contributed by atoms with van der Waals surface area (Å²) in [7, 11) is 1.55. The summed E-state index contributed by atoms with van der Waals surface area (Å²) in [5, 5.41) is 11.5. The first-order chi connectivity index (χ1) is 10.1. The van der Waals surface area contributed by atoms with E-state index in [2.05, 4.69) is 5.32 Å². The molecule has 6 nitrogen and oxygen atoms in total. The van der Waals surface area contributed by atoms with Crippen molar-refractivity contribution >= 4 is 12.1 Å². The summed E-state index contributed by atoms with van der Waals surface area (Å²) in [6.45, 7) is 2.32. The molecule has 0 radical (unpaired) electrons. The number of carboxylic acids is 1. The van der Waals surface area contributed by atoms with Gasteiger partial charge in [-0.3, -0.25) is 4.79 Å². The van der Waals surface area contributed by atoms with Gasteiger partial charge in [0, 0.05) is 0 Å². The lowest BCUT2D eigenvalue weighted by molar-refractivity contribution is -0.137. The molecule has 0 aliphatic carbocycles. The minimum absolute atomic E-state index is 0.213. The Morgan fingerprint density at radius 3 is 2.48 bits per heavy atom. The van der Waals surface area contributed by atoms with Crippen molar-refractivity contribution in [3.63, 3.8) is 0 Å². The lowest BCUT2D eigenvalue weighted by Gasteiger charge is -2.17. The fourth-order valence-corrected chi connectivity index (χ4v) is 1.76. The van der Waals surface area contributed by atoms with Crippen LogP contribution in [-0.4, -0.2) is 30.9 Å². The molecule has 1 atom stereocenters. The number of carbonyl (C=O) groups is 2. The molecule has 6 heteroatoms. The molecule has 1 amide bonds. The van der Waals surface area contributed by atoms with E-state index in [0.29, 0.717) is 17.9 Å². The fraction of sp³-hybridized carbons (Fsp3) is 0.467. The van der Waals surface area contributed by atoms with Crippen LogP contribution in [0, 0.1) is 0 Å². The zero-order chi connectivity index (χ0) is 15.7. The highest BCUT2D eigenvalue weighted by molar-refractivity contribution is 5.72. The number of benzene rings is 1. The Morgan fingerprint density at radius 2 is 1.95 bits per heavy atom. The van der Waals surface area contributed by atoms with E-state index in [1.165, 1.54) is 0 Å².